The van der Waals surface area contributed by atoms with Gasteiger partial charge < -0.3 is 14.2 Å². The summed E-state index contributed by atoms with van der Waals surface area (Å²) in [5.74, 6) is -1.03. The fourth-order valence-corrected chi connectivity index (χ4v) is 7.56. The van der Waals surface area contributed by atoms with Gasteiger partial charge in [-0.1, -0.05) is 241 Å². The Kier molecular flexibility index (Phi) is 60.1. The van der Waals surface area contributed by atoms with Gasteiger partial charge in [0, 0.05) is 19.3 Å². The van der Waals surface area contributed by atoms with Crippen LogP contribution in [0.4, 0.5) is 0 Å². The average molecular weight is 1080 g/mol. The first-order valence-electron chi connectivity index (χ1n) is 30.9. The van der Waals surface area contributed by atoms with E-state index in [4.69, 9.17) is 14.2 Å². The van der Waals surface area contributed by atoms with E-state index in [0.717, 1.165) is 173 Å². The summed E-state index contributed by atoms with van der Waals surface area (Å²) in [4.78, 5) is 38.3. The summed E-state index contributed by atoms with van der Waals surface area (Å²) >= 11 is 0. The van der Waals surface area contributed by atoms with Crippen LogP contribution in [0.15, 0.2) is 194 Å². The summed E-state index contributed by atoms with van der Waals surface area (Å²) in [7, 11) is 0. The van der Waals surface area contributed by atoms with Gasteiger partial charge in [-0.05, 0) is 161 Å². The van der Waals surface area contributed by atoms with Crippen molar-refractivity contribution in [1.29, 1.82) is 0 Å². The van der Waals surface area contributed by atoms with E-state index in [9.17, 15) is 14.4 Å². The minimum Gasteiger partial charge on any atom is -0.462 e. The Bertz CT molecular complexity index is 1920. The van der Waals surface area contributed by atoms with Gasteiger partial charge >= 0.3 is 17.9 Å². The summed E-state index contributed by atoms with van der Waals surface area (Å²) in [6.07, 6.45) is 98.6. The molecule has 0 aromatic carbocycles. The molecule has 1 unspecified atom stereocenters. The molecule has 6 nitrogen and oxygen atoms in total. The highest BCUT2D eigenvalue weighted by Gasteiger charge is 2.19. The Balaban J connectivity index is 4.54. The van der Waals surface area contributed by atoms with Crippen molar-refractivity contribution in [2.75, 3.05) is 13.2 Å². The lowest BCUT2D eigenvalue weighted by Crippen LogP contribution is -2.30. The number of esters is 3. The van der Waals surface area contributed by atoms with E-state index in [-0.39, 0.29) is 44.0 Å². The Morgan fingerprint density at radius 3 is 0.747 bits per heavy atom. The first-order valence-corrected chi connectivity index (χ1v) is 30.9. The third-order valence-corrected chi connectivity index (χ3v) is 12.1. The molecule has 0 aromatic heterocycles. The van der Waals surface area contributed by atoms with Crippen molar-refractivity contribution in [2.45, 2.75) is 232 Å². The van der Waals surface area contributed by atoms with Gasteiger partial charge in [-0.15, -0.1) is 0 Å². The minimum atomic E-state index is -0.835. The third kappa shape index (κ3) is 63.0. The molecule has 0 aliphatic carbocycles. The summed E-state index contributed by atoms with van der Waals surface area (Å²) in [5.41, 5.74) is 0. The maximum atomic E-state index is 12.9. The zero-order chi connectivity index (χ0) is 57.1. The second-order valence-electron chi connectivity index (χ2n) is 19.5. The number of hydrogen-bond donors (Lipinski definition) is 0. The molecule has 438 valence electrons. The van der Waals surface area contributed by atoms with Gasteiger partial charge in [0.25, 0.3) is 0 Å². The zero-order valence-electron chi connectivity index (χ0n) is 50.0. The van der Waals surface area contributed by atoms with Crippen LogP contribution in [0, 0.1) is 0 Å². The summed E-state index contributed by atoms with van der Waals surface area (Å²) in [5, 5.41) is 0. The molecular formula is C73H110O6. The van der Waals surface area contributed by atoms with Crippen LogP contribution in [0.2, 0.25) is 0 Å². The molecule has 0 rings (SSSR count). The maximum absolute atomic E-state index is 12.9. The van der Waals surface area contributed by atoms with E-state index in [2.05, 4.69) is 215 Å². The van der Waals surface area contributed by atoms with Crippen LogP contribution in [0.25, 0.3) is 0 Å². The Labute approximate surface area is 484 Å². The predicted molar refractivity (Wildman–Crippen MR) is 343 cm³/mol. The number of allylic oxidation sites excluding steroid dienone is 32. The van der Waals surface area contributed by atoms with E-state index in [1.54, 1.807) is 0 Å². The molecule has 0 spiro atoms. The Morgan fingerprint density at radius 1 is 0.253 bits per heavy atom. The fourth-order valence-electron chi connectivity index (χ4n) is 7.56. The molecule has 0 heterocycles. The average Bonchev–Trinajstić information content (AvgIpc) is 3.45. The molecule has 0 aliphatic rings. The van der Waals surface area contributed by atoms with Crippen LogP contribution in [0.5, 0.6) is 0 Å². The molecule has 0 N–H and O–H groups in total. The number of carbonyl (C=O) groups is 3. The predicted octanol–water partition coefficient (Wildman–Crippen LogP) is 21.4. The topological polar surface area (TPSA) is 78.9 Å². The molecule has 0 radical (unpaired) electrons. The van der Waals surface area contributed by atoms with Crippen molar-refractivity contribution in [1.82, 2.24) is 0 Å². The summed E-state index contributed by atoms with van der Waals surface area (Å²) < 4.78 is 16.8. The van der Waals surface area contributed by atoms with Gasteiger partial charge in [-0.25, -0.2) is 0 Å². The number of rotatable bonds is 53. The van der Waals surface area contributed by atoms with Crippen molar-refractivity contribution in [3.8, 4) is 0 Å². The molecule has 0 saturated heterocycles. The zero-order valence-corrected chi connectivity index (χ0v) is 50.0. The van der Waals surface area contributed by atoms with Crippen LogP contribution >= 0.6 is 0 Å². The van der Waals surface area contributed by atoms with Crippen LogP contribution in [0.1, 0.15) is 226 Å². The summed E-state index contributed by atoms with van der Waals surface area (Å²) in [6.45, 7) is 6.20. The van der Waals surface area contributed by atoms with Crippen LogP contribution in [-0.4, -0.2) is 37.2 Å². The fraction of sp³-hybridized carbons (Fsp3) is 0.521. The number of unbranched alkanes of at least 4 members (excludes halogenated alkanes) is 10. The lowest BCUT2D eigenvalue weighted by atomic mass is 10.1. The van der Waals surface area contributed by atoms with Gasteiger partial charge in [-0.3, -0.25) is 14.4 Å². The summed E-state index contributed by atoms with van der Waals surface area (Å²) in [6, 6.07) is 0. The van der Waals surface area contributed by atoms with Crippen molar-refractivity contribution in [3.05, 3.63) is 194 Å². The molecule has 0 bridgehead atoms. The number of carbonyl (C=O) groups excluding carboxylic acids is 3. The molecule has 0 saturated carbocycles. The van der Waals surface area contributed by atoms with E-state index >= 15 is 0 Å². The molecule has 79 heavy (non-hydrogen) atoms. The molecule has 0 fully saturated rings. The largest absolute Gasteiger partial charge is 0.462 e. The SMILES string of the molecule is CC/C=C\C/C=C\C/C=C\C/C=C\C/C=C\C/C=C\C/C=C\CCCCCCCC(=O)OCC(COC(=O)CCCC/C=C\C/C=C\C/C=C\C/C=C\CC)OC(=O)CCCCC/C=C\C/C=C\C/C=C\C/C=C\C/C=C\CC. The lowest BCUT2D eigenvalue weighted by molar-refractivity contribution is -0.167. The van der Waals surface area contributed by atoms with Gasteiger partial charge in [0.15, 0.2) is 6.10 Å². The lowest BCUT2D eigenvalue weighted by Gasteiger charge is -2.18. The molecule has 6 heteroatoms. The van der Waals surface area contributed by atoms with E-state index in [1.165, 1.54) is 0 Å². The molecule has 1 atom stereocenters. The van der Waals surface area contributed by atoms with Crippen LogP contribution in [-0.2, 0) is 28.6 Å². The van der Waals surface area contributed by atoms with Crippen molar-refractivity contribution in [2.24, 2.45) is 0 Å². The highest BCUT2D eigenvalue weighted by Crippen LogP contribution is 2.12. The standard InChI is InChI=1S/C73H110O6/c1-4-7-10-13-16-19-22-25-28-30-32-33-34-35-36-37-38-39-41-42-45-48-51-54-57-60-63-66-72(75)78-69-70(68-77-71(74)65-62-59-56-53-50-47-44-27-24-21-18-15-12-9-6-3)79-73(76)67-64-61-58-55-52-49-46-43-40-31-29-26-23-20-17-14-11-8-5-2/h7-12,16-21,25-29,32-33,35-36,38-40,42-45,49-50,52-53,70H,4-6,13-15,22-24,30-31,34,37,41,46-48,51,54-69H2,1-3H3/b10-7-,11-8-,12-9-,19-16-,20-17-,21-18-,28-25-,29-26-,33-32-,36-35-,39-38-,43-40-,44-27-,45-42-,52-49-,53-50-. The van der Waals surface area contributed by atoms with Gasteiger partial charge in [0.1, 0.15) is 13.2 Å². The molecule has 0 aromatic rings. The van der Waals surface area contributed by atoms with Crippen molar-refractivity contribution in [3.63, 3.8) is 0 Å². The van der Waals surface area contributed by atoms with Gasteiger partial charge in [0.05, 0.1) is 0 Å². The molecular weight excluding hydrogens is 973 g/mol. The molecule has 0 aliphatic heterocycles. The highest BCUT2D eigenvalue weighted by molar-refractivity contribution is 5.71. The molecule has 0 amide bonds. The Hall–Kier alpha value is -5.75. The monoisotopic (exact) mass is 1080 g/mol. The number of ether oxygens (including phenoxy) is 3. The van der Waals surface area contributed by atoms with Crippen molar-refractivity contribution < 1.29 is 28.6 Å². The van der Waals surface area contributed by atoms with Gasteiger partial charge in [0.2, 0.25) is 0 Å². The normalized spacial score (nSPS) is 13.5. The first-order chi connectivity index (χ1) is 39.0. The Morgan fingerprint density at radius 2 is 0.456 bits per heavy atom. The van der Waals surface area contributed by atoms with Crippen molar-refractivity contribution >= 4 is 17.9 Å². The highest BCUT2D eigenvalue weighted by atomic mass is 16.6. The van der Waals surface area contributed by atoms with E-state index < -0.39 is 6.10 Å². The van der Waals surface area contributed by atoms with Crippen LogP contribution < -0.4 is 0 Å². The minimum absolute atomic E-state index is 0.126. The number of hydrogen-bond acceptors (Lipinski definition) is 6. The third-order valence-electron chi connectivity index (χ3n) is 12.1. The van der Waals surface area contributed by atoms with E-state index in [0.29, 0.717) is 19.3 Å². The quantitative estimate of drug-likeness (QED) is 0.0261. The second kappa shape index (κ2) is 64.8. The van der Waals surface area contributed by atoms with Crippen LogP contribution in [0.3, 0.4) is 0 Å². The maximum Gasteiger partial charge on any atom is 0.306 e. The first kappa shape index (κ1) is 73.2. The van der Waals surface area contributed by atoms with E-state index in [1.807, 2.05) is 0 Å². The van der Waals surface area contributed by atoms with Gasteiger partial charge in [-0.2, -0.15) is 0 Å². The smallest absolute Gasteiger partial charge is 0.306 e. The second-order valence-corrected chi connectivity index (χ2v) is 19.5.